The van der Waals surface area contributed by atoms with Crippen LogP contribution in [0.3, 0.4) is 0 Å². The van der Waals surface area contributed by atoms with Crippen LogP contribution in [0.2, 0.25) is 0 Å². The molecule has 0 unspecified atom stereocenters. The van der Waals surface area contributed by atoms with E-state index in [9.17, 15) is 9.90 Å². The Bertz CT molecular complexity index is 130. The van der Waals surface area contributed by atoms with Crippen LogP contribution < -0.4 is 0 Å². The molecule has 0 amide bonds. The molecule has 1 aliphatic rings. The highest BCUT2D eigenvalue weighted by atomic mass is 16.5. The van der Waals surface area contributed by atoms with Gasteiger partial charge in [-0.3, -0.25) is 4.79 Å². The number of hydrogen-bond acceptors (Lipinski definition) is 3. The maximum absolute atomic E-state index is 10.9. The van der Waals surface area contributed by atoms with Crippen molar-refractivity contribution in [2.75, 3.05) is 0 Å². The van der Waals surface area contributed by atoms with Crippen molar-refractivity contribution < 1.29 is 14.6 Å². The Morgan fingerprint density at radius 3 is 3.00 bits per heavy atom. The molecule has 1 saturated heterocycles. The zero-order valence-corrected chi connectivity index (χ0v) is 6.75. The van der Waals surface area contributed by atoms with Crippen LogP contribution in [0.1, 0.15) is 32.6 Å². The van der Waals surface area contributed by atoms with E-state index in [1.54, 1.807) is 0 Å². The molecule has 1 rings (SSSR count). The summed E-state index contributed by atoms with van der Waals surface area (Å²) in [4.78, 5) is 10.9. The van der Waals surface area contributed by atoms with Crippen molar-refractivity contribution >= 4 is 5.97 Å². The lowest BCUT2D eigenvalue weighted by molar-refractivity contribution is -0.152. The fourth-order valence-corrected chi connectivity index (χ4v) is 1.27. The van der Waals surface area contributed by atoms with Gasteiger partial charge in [0.15, 0.2) is 0 Å². The molecule has 0 aromatic heterocycles. The van der Waals surface area contributed by atoms with Gasteiger partial charge in [0.25, 0.3) is 0 Å². The average Bonchev–Trinajstić information content (AvgIpc) is 1.83. The molecule has 0 aromatic carbocycles. The van der Waals surface area contributed by atoms with Crippen LogP contribution in [-0.2, 0) is 9.53 Å². The van der Waals surface area contributed by atoms with Gasteiger partial charge in [-0.2, -0.15) is 0 Å². The zero-order chi connectivity index (χ0) is 8.27. The van der Waals surface area contributed by atoms with Crippen LogP contribution >= 0.6 is 0 Å². The van der Waals surface area contributed by atoms with E-state index in [1.165, 1.54) is 0 Å². The topological polar surface area (TPSA) is 46.5 Å². The molecule has 1 aliphatic heterocycles. The van der Waals surface area contributed by atoms with Crippen molar-refractivity contribution in [3.63, 3.8) is 0 Å². The summed E-state index contributed by atoms with van der Waals surface area (Å²) >= 11 is 0. The van der Waals surface area contributed by atoms with Crippen molar-refractivity contribution in [1.29, 1.82) is 0 Å². The highest BCUT2D eigenvalue weighted by Crippen LogP contribution is 2.14. The molecule has 0 bridgehead atoms. The van der Waals surface area contributed by atoms with Gasteiger partial charge in [0.2, 0.25) is 0 Å². The first kappa shape index (κ1) is 8.53. The molecular formula is C8H14O3. The van der Waals surface area contributed by atoms with Crippen molar-refractivity contribution in [1.82, 2.24) is 0 Å². The molecule has 3 heteroatoms. The summed E-state index contributed by atoms with van der Waals surface area (Å²) in [6, 6.07) is 0. The Balaban J connectivity index is 2.41. The first-order valence-corrected chi connectivity index (χ1v) is 4.06. The maximum atomic E-state index is 10.9. The molecule has 1 N–H and O–H groups in total. The van der Waals surface area contributed by atoms with Crippen molar-refractivity contribution in [3.05, 3.63) is 0 Å². The third-order valence-corrected chi connectivity index (χ3v) is 1.88. The van der Waals surface area contributed by atoms with Crippen LogP contribution in [0.25, 0.3) is 0 Å². The molecule has 0 radical (unpaired) electrons. The second-order valence-electron chi connectivity index (χ2n) is 3.09. The summed E-state index contributed by atoms with van der Waals surface area (Å²) in [5.41, 5.74) is 0. The first-order chi connectivity index (χ1) is 5.18. The summed E-state index contributed by atoms with van der Waals surface area (Å²) < 4.78 is 4.96. The van der Waals surface area contributed by atoms with E-state index >= 15 is 0 Å². The third kappa shape index (κ3) is 2.89. The molecule has 1 heterocycles. The van der Waals surface area contributed by atoms with E-state index in [0.29, 0.717) is 0 Å². The first-order valence-electron chi connectivity index (χ1n) is 4.06. The van der Waals surface area contributed by atoms with Crippen molar-refractivity contribution in [2.45, 2.75) is 44.8 Å². The summed E-state index contributed by atoms with van der Waals surface area (Å²) in [7, 11) is 0. The number of cyclic esters (lactones) is 1. The van der Waals surface area contributed by atoms with Crippen LogP contribution in [0.4, 0.5) is 0 Å². The van der Waals surface area contributed by atoms with Gasteiger partial charge in [0.1, 0.15) is 0 Å². The third-order valence-electron chi connectivity index (χ3n) is 1.88. The SMILES string of the molecule is C[C@@H]1CCC[C@H](O)CC(=O)O1. The van der Waals surface area contributed by atoms with Gasteiger partial charge in [-0.1, -0.05) is 0 Å². The lowest BCUT2D eigenvalue weighted by Crippen LogP contribution is -2.23. The largest absolute Gasteiger partial charge is 0.463 e. The average molecular weight is 158 g/mol. The van der Waals surface area contributed by atoms with Crippen LogP contribution in [0.15, 0.2) is 0 Å². The van der Waals surface area contributed by atoms with Crippen LogP contribution in [-0.4, -0.2) is 23.3 Å². The highest BCUT2D eigenvalue weighted by Gasteiger charge is 2.18. The van der Waals surface area contributed by atoms with Crippen LogP contribution in [0.5, 0.6) is 0 Å². The number of rotatable bonds is 0. The van der Waals surface area contributed by atoms with E-state index in [1.807, 2.05) is 6.92 Å². The van der Waals surface area contributed by atoms with E-state index < -0.39 is 6.10 Å². The number of aliphatic hydroxyl groups excluding tert-OH is 1. The number of ether oxygens (including phenoxy) is 1. The second-order valence-corrected chi connectivity index (χ2v) is 3.09. The molecule has 0 saturated carbocycles. The number of carbonyl (C=O) groups is 1. The molecule has 0 aliphatic carbocycles. The van der Waals surface area contributed by atoms with Crippen molar-refractivity contribution in [3.8, 4) is 0 Å². The molecule has 11 heavy (non-hydrogen) atoms. The van der Waals surface area contributed by atoms with Gasteiger partial charge in [-0.25, -0.2) is 0 Å². The van der Waals surface area contributed by atoms with E-state index in [4.69, 9.17) is 4.74 Å². The van der Waals surface area contributed by atoms with Gasteiger partial charge < -0.3 is 9.84 Å². The van der Waals surface area contributed by atoms with E-state index in [0.717, 1.165) is 19.3 Å². The summed E-state index contributed by atoms with van der Waals surface area (Å²) in [5, 5.41) is 9.17. The number of carbonyl (C=O) groups excluding carboxylic acids is 1. The smallest absolute Gasteiger partial charge is 0.308 e. The fraction of sp³-hybridized carbons (Fsp3) is 0.875. The minimum absolute atomic E-state index is 0.0231. The van der Waals surface area contributed by atoms with Crippen molar-refractivity contribution in [2.24, 2.45) is 0 Å². The summed E-state index contributed by atoms with van der Waals surface area (Å²) in [6.07, 6.45) is 2.22. The minimum Gasteiger partial charge on any atom is -0.463 e. The predicted molar refractivity (Wildman–Crippen MR) is 40.0 cm³/mol. The predicted octanol–water partition coefficient (Wildman–Crippen LogP) is 0.853. The normalized spacial score (nSPS) is 33.8. The van der Waals surface area contributed by atoms with Crippen LogP contribution in [0, 0.1) is 0 Å². The lowest BCUT2D eigenvalue weighted by Gasteiger charge is -2.19. The molecule has 1 fully saturated rings. The Hall–Kier alpha value is -0.570. The van der Waals surface area contributed by atoms with Gasteiger partial charge in [-0.15, -0.1) is 0 Å². The lowest BCUT2D eigenvalue weighted by atomic mass is 10.1. The van der Waals surface area contributed by atoms with E-state index in [-0.39, 0.29) is 18.5 Å². The van der Waals surface area contributed by atoms with Gasteiger partial charge in [0, 0.05) is 0 Å². The van der Waals surface area contributed by atoms with Gasteiger partial charge in [0.05, 0.1) is 18.6 Å². The second kappa shape index (κ2) is 3.72. The highest BCUT2D eigenvalue weighted by molar-refractivity contribution is 5.70. The molecule has 0 aromatic rings. The fourth-order valence-electron chi connectivity index (χ4n) is 1.27. The standard InChI is InChI=1S/C8H14O3/c1-6-3-2-4-7(9)5-8(10)11-6/h6-7,9H,2-5H2,1H3/t6-,7+/m1/s1. The monoisotopic (exact) mass is 158 g/mol. The molecule has 0 spiro atoms. The Labute approximate surface area is 66.4 Å². The number of aliphatic hydroxyl groups is 1. The van der Waals surface area contributed by atoms with E-state index in [2.05, 4.69) is 0 Å². The van der Waals surface area contributed by atoms with Gasteiger partial charge in [-0.05, 0) is 26.2 Å². The Morgan fingerprint density at radius 2 is 2.27 bits per heavy atom. The number of esters is 1. The molecule has 2 atom stereocenters. The molecular weight excluding hydrogens is 144 g/mol. The quantitative estimate of drug-likeness (QED) is 0.532. The maximum Gasteiger partial charge on any atom is 0.308 e. The van der Waals surface area contributed by atoms with Gasteiger partial charge >= 0.3 is 5.97 Å². The summed E-state index contributed by atoms with van der Waals surface area (Å²) in [6.45, 7) is 1.88. The Kier molecular flexibility index (Phi) is 2.88. The Morgan fingerprint density at radius 1 is 1.55 bits per heavy atom. The summed E-state index contributed by atoms with van der Waals surface area (Å²) in [5.74, 6) is -0.273. The minimum atomic E-state index is -0.491. The molecule has 3 nitrogen and oxygen atoms in total. The number of hydrogen-bond donors (Lipinski definition) is 1. The zero-order valence-electron chi connectivity index (χ0n) is 6.75. The molecule has 64 valence electrons.